The lowest BCUT2D eigenvalue weighted by molar-refractivity contribution is 0.0902. The molecular formula is C19H30N2O2. The minimum Gasteiger partial charge on any atom is -0.393 e. The second-order valence-electron chi connectivity index (χ2n) is 7.61. The molecule has 1 heterocycles. The SMILES string of the molecule is Cc1ccc(N2CCCC2)c(C(=O)NCC(C)(C)CC(C)O)c1. The summed E-state index contributed by atoms with van der Waals surface area (Å²) in [6, 6.07) is 6.11. The van der Waals surface area contributed by atoms with Crippen molar-refractivity contribution in [3.05, 3.63) is 29.3 Å². The highest BCUT2D eigenvalue weighted by atomic mass is 16.3. The Balaban J connectivity index is 2.10. The average Bonchev–Trinajstić information content (AvgIpc) is 2.97. The number of nitrogens with one attached hydrogen (secondary N) is 1. The molecule has 1 aromatic rings. The van der Waals surface area contributed by atoms with Crippen LogP contribution in [0.15, 0.2) is 18.2 Å². The maximum absolute atomic E-state index is 12.7. The number of benzene rings is 1. The fourth-order valence-electron chi connectivity index (χ4n) is 3.35. The van der Waals surface area contributed by atoms with Gasteiger partial charge in [0.1, 0.15) is 0 Å². The maximum atomic E-state index is 12.7. The van der Waals surface area contributed by atoms with Gasteiger partial charge < -0.3 is 15.3 Å². The van der Waals surface area contributed by atoms with E-state index in [1.54, 1.807) is 6.92 Å². The Kier molecular flexibility index (Phi) is 5.69. The number of hydrogen-bond acceptors (Lipinski definition) is 3. The van der Waals surface area contributed by atoms with Crippen LogP contribution >= 0.6 is 0 Å². The van der Waals surface area contributed by atoms with E-state index >= 15 is 0 Å². The molecule has 0 aliphatic carbocycles. The highest BCUT2D eigenvalue weighted by molar-refractivity contribution is 6.00. The minimum atomic E-state index is -0.360. The van der Waals surface area contributed by atoms with Gasteiger partial charge in [0, 0.05) is 25.3 Å². The fraction of sp³-hybridized carbons (Fsp3) is 0.632. The van der Waals surface area contributed by atoms with Gasteiger partial charge in [0.2, 0.25) is 0 Å². The number of hydrogen-bond donors (Lipinski definition) is 2. The molecule has 4 heteroatoms. The van der Waals surface area contributed by atoms with Gasteiger partial charge in [0.25, 0.3) is 5.91 Å². The number of carbonyl (C=O) groups is 1. The van der Waals surface area contributed by atoms with Gasteiger partial charge in [-0.1, -0.05) is 25.5 Å². The second kappa shape index (κ2) is 7.35. The molecular weight excluding hydrogens is 288 g/mol. The van der Waals surface area contributed by atoms with Gasteiger partial charge in [0.15, 0.2) is 0 Å². The monoisotopic (exact) mass is 318 g/mol. The highest BCUT2D eigenvalue weighted by Gasteiger charge is 2.24. The predicted molar refractivity (Wildman–Crippen MR) is 95.0 cm³/mol. The molecule has 0 radical (unpaired) electrons. The van der Waals surface area contributed by atoms with E-state index in [1.807, 2.05) is 13.0 Å². The molecule has 1 fully saturated rings. The van der Waals surface area contributed by atoms with Crippen LogP contribution in [0.25, 0.3) is 0 Å². The van der Waals surface area contributed by atoms with Crippen molar-refractivity contribution in [3.8, 4) is 0 Å². The number of aliphatic hydroxyl groups is 1. The molecule has 0 saturated carbocycles. The molecule has 128 valence electrons. The highest BCUT2D eigenvalue weighted by Crippen LogP contribution is 2.26. The zero-order valence-corrected chi connectivity index (χ0v) is 14.9. The molecule has 0 spiro atoms. The van der Waals surface area contributed by atoms with E-state index in [-0.39, 0.29) is 17.4 Å². The van der Waals surface area contributed by atoms with Crippen molar-refractivity contribution >= 4 is 11.6 Å². The number of amides is 1. The van der Waals surface area contributed by atoms with E-state index in [9.17, 15) is 9.90 Å². The molecule has 0 aromatic heterocycles. The van der Waals surface area contributed by atoms with Gasteiger partial charge in [-0.2, -0.15) is 0 Å². The van der Waals surface area contributed by atoms with E-state index in [0.29, 0.717) is 13.0 Å². The van der Waals surface area contributed by atoms with Gasteiger partial charge in [0.05, 0.1) is 11.7 Å². The van der Waals surface area contributed by atoms with Crippen molar-refractivity contribution < 1.29 is 9.90 Å². The smallest absolute Gasteiger partial charge is 0.253 e. The van der Waals surface area contributed by atoms with Crippen molar-refractivity contribution in [2.75, 3.05) is 24.5 Å². The summed E-state index contributed by atoms with van der Waals surface area (Å²) in [6.45, 7) is 10.5. The lowest BCUT2D eigenvalue weighted by Crippen LogP contribution is -2.36. The quantitative estimate of drug-likeness (QED) is 0.847. The third-order valence-electron chi connectivity index (χ3n) is 4.42. The van der Waals surface area contributed by atoms with Gasteiger partial charge in [-0.25, -0.2) is 0 Å². The van der Waals surface area contributed by atoms with Crippen molar-refractivity contribution in [1.29, 1.82) is 0 Å². The number of aliphatic hydroxyl groups excluding tert-OH is 1. The van der Waals surface area contributed by atoms with Crippen LogP contribution in [0, 0.1) is 12.3 Å². The topological polar surface area (TPSA) is 52.6 Å². The number of rotatable bonds is 6. The Morgan fingerprint density at radius 3 is 2.61 bits per heavy atom. The van der Waals surface area contributed by atoms with Gasteiger partial charge in [-0.05, 0) is 50.7 Å². The third kappa shape index (κ3) is 4.96. The number of nitrogens with zero attached hydrogens (tertiary/aromatic N) is 1. The Morgan fingerprint density at radius 1 is 1.35 bits per heavy atom. The van der Waals surface area contributed by atoms with Gasteiger partial charge in [-0.3, -0.25) is 4.79 Å². The normalized spacial score (nSPS) is 16.5. The number of aryl methyl sites for hydroxylation is 1. The summed E-state index contributed by atoms with van der Waals surface area (Å²) in [6.07, 6.45) is 2.69. The molecule has 4 nitrogen and oxygen atoms in total. The van der Waals surface area contributed by atoms with Crippen LogP contribution in [-0.4, -0.2) is 36.8 Å². The van der Waals surface area contributed by atoms with Gasteiger partial charge >= 0.3 is 0 Å². The minimum absolute atomic E-state index is 0.0192. The average molecular weight is 318 g/mol. The molecule has 23 heavy (non-hydrogen) atoms. The van der Waals surface area contributed by atoms with Crippen molar-refractivity contribution in [2.24, 2.45) is 5.41 Å². The zero-order valence-electron chi connectivity index (χ0n) is 14.9. The molecule has 1 unspecified atom stereocenters. The molecule has 2 rings (SSSR count). The lowest BCUT2D eigenvalue weighted by atomic mass is 9.87. The van der Waals surface area contributed by atoms with Crippen molar-refractivity contribution in [2.45, 2.75) is 53.1 Å². The summed E-state index contributed by atoms with van der Waals surface area (Å²) in [4.78, 5) is 15.0. The van der Waals surface area contributed by atoms with Crippen LogP contribution in [0.5, 0.6) is 0 Å². The molecule has 1 aliphatic rings. The first-order valence-corrected chi connectivity index (χ1v) is 8.60. The molecule has 1 aromatic carbocycles. The molecule has 1 atom stereocenters. The summed E-state index contributed by atoms with van der Waals surface area (Å²) in [7, 11) is 0. The maximum Gasteiger partial charge on any atom is 0.253 e. The van der Waals surface area contributed by atoms with Crippen LogP contribution in [0.3, 0.4) is 0 Å². The Morgan fingerprint density at radius 2 is 2.00 bits per heavy atom. The first-order chi connectivity index (χ1) is 10.8. The first kappa shape index (κ1) is 17.8. The van der Waals surface area contributed by atoms with Gasteiger partial charge in [-0.15, -0.1) is 0 Å². The van der Waals surface area contributed by atoms with Crippen LogP contribution in [0.1, 0.15) is 56.0 Å². The zero-order chi connectivity index (χ0) is 17.0. The second-order valence-corrected chi connectivity index (χ2v) is 7.61. The van der Waals surface area contributed by atoms with Crippen LogP contribution in [-0.2, 0) is 0 Å². The van der Waals surface area contributed by atoms with Crippen LogP contribution in [0.4, 0.5) is 5.69 Å². The van der Waals surface area contributed by atoms with E-state index in [0.717, 1.165) is 29.9 Å². The van der Waals surface area contributed by atoms with Crippen LogP contribution in [0.2, 0.25) is 0 Å². The standard InChI is InChI=1S/C19H30N2O2/c1-14-7-8-17(21-9-5-6-10-21)16(11-14)18(23)20-13-19(3,4)12-15(2)22/h7-8,11,15,22H,5-6,9-10,12-13H2,1-4H3,(H,20,23). The van der Waals surface area contributed by atoms with E-state index in [4.69, 9.17) is 0 Å². The van der Waals surface area contributed by atoms with E-state index < -0.39 is 0 Å². The van der Waals surface area contributed by atoms with E-state index in [1.165, 1.54) is 12.8 Å². The molecule has 1 aliphatic heterocycles. The van der Waals surface area contributed by atoms with Crippen molar-refractivity contribution in [3.63, 3.8) is 0 Å². The third-order valence-corrected chi connectivity index (χ3v) is 4.42. The Labute approximate surface area is 139 Å². The lowest BCUT2D eigenvalue weighted by Gasteiger charge is -2.27. The van der Waals surface area contributed by atoms with Crippen molar-refractivity contribution in [1.82, 2.24) is 5.32 Å². The molecule has 1 amide bonds. The summed E-state index contributed by atoms with van der Waals surface area (Å²) in [5.41, 5.74) is 2.78. The summed E-state index contributed by atoms with van der Waals surface area (Å²) >= 11 is 0. The number of carbonyl (C=O) groups excluding carboxylic acids is 1. The van der Waals surface area contributed by atoms with E-state index in [2.05, 4.69) is 36.2 Å². The molecule has 2 N–H and O–H groups in total. The summed E-state index contributed by atoms with van der Waals surface area (Å²) in [5, 5.41) is 12.6. The fourth-order valence-corrected chi connectivity index (χ4v) is 3.35. The number of anilines is 1. The largest absolute Gasteiger partial charge is 0.393 e. The molecule has 0 bridgehead atoms. The van der Waals surface area contributed by atoms with Crippen LogP contribution < -0.4 is 10.2 Å². The summed E-state index contributed by atoms with van der Waals surface area (Å²) < 4.78 is 0. The summed E-state index contributed by atoms with van der Waals surface area (Å²) in [5.74, 6) is -0.0192. The Hall–Kier alpha value is -1.55. The Bertz CT molecular complexity index is 546. The first-order valence-electron chi connectivity index (χ1n) is 8.60. The predicted octanol–water partition coefficient (Wildman–Crippen LogP) is 3.12. The molecule has 1 saturated heterocycles.